The summed E-state index contributed by atoms with van der Waals surface area (Å²) in [6, 6.07) is 11.6. The Morgan fingerprint density at radius 1 is 1.16 bits per heavy atom. The minimum atomic E-state index is 0.204. The second-order valence-corrected chi connectivity index (χ2v) is 4.89. The number of fused-ring (bicyclic) bond motifs is 1. The van der Waals surface area contributed by atoms with Crippen molar-refractivity contribution in [3.05, 3.63) is 42.0 Å². The Bertz CT molecular complexity index is 588. The van der Waals surface area contributed by atoms with Crippen molar-refractivity contribution in [3.8, 4) is 5.75 Å². The summed E-state index contributed by atoms with van der Waals surface area (Å²) in [5.41, 5.74) is 0.591. The molecule has 0 unspecified atom stereocenters. The standard InChI is InChI=1S/C16H16O3/c17-9-15-14-4-2-1-3-13(14)7-8-16(15)19-11-18-10-12-5-6-12/h1-4,7-9,12H,5-6,10-11H2. The third-order valence-electron chi connectivity index (χ3n) is 3.40. The molecule has 0 aromatic heterocycles. The van der Waals surface area contributed by atoms with E-state index in [1.165, 1.54) is 12.8 Å². The largest absolute Gasteiger partial charge is 0.467 e. The van der Waals surface area contributed by atoms with E-state index in [4.69, 9.17) is 9.47 Å². The van der Waals surface area contributed by atoms with Gasteiger partial charge in [-0.3, -0.25) is 4.79 Å². The van der Waals surface area contributed by atoms with Gasteiger partial charge in [-0.05, 0) is 35.6 Å². The van der Waals surface area contributed by atoms with E-state index in [0.29, 0.717) is 17.2 Å². The van der Waals surface area contributed by atoms with Crippen molar-refractivity contribution in [1.82, 2.24) is 0 Å². The van der Waals surface area contributed by atoms with E-state index in [-0.39, 0.29) is 6.79 Å². The first kappa shape index (κ1) is 12.2. The first-order valence-corrected chi connectivity index (χ1v) is 6.56. The molecule has 0 bridgehead atoms. The Kier molecular flexibility index (Phi) is 3.47. The summed E-state index contributed by atoms with van der Waals surface area (Å²) in [6.45, 7) is 0.958. The Labute approximate surface area is 112 Å². The molecule has 98 valence electrons. The predicted molar refractivity (Wildman–Crippen MR) is 73.5 cm³/mol. The van der Waals surface area contributed by atoms with Crippen LogP contribution < -0.4 is 4.74 Å². The molecule has 0 heterocycles. The van der Waals surface area contributed by atoms with E-state index in [0.717, 1.165) is 23.7 Å². The number of ether oxygens (including phenoxy) is 2. The lowest BCUT2D eigenvalue weighted by atomic mass is 10.0. The first-order valence-electron chi connectivity index (χ1n) is 6.56. The van der Waals surface area contributed by atoms with Gasteiger partial charge in [-0.1, -0.05) is 30.3 Å². The van der Waals surface area contributed by atoms with E-state index >= 15 is 0 Å². The molecule has 1 aliphatic rings. The fourth-order valence-corrected chi connectivity index (χ4v) is 2.13. The molecule has 1 aliphatic carbocycles. The van der Waals surface area contributed by atoms with Crippen LogP contribution in [0.1, 0.15) is 23.2 Å². The summed E-state index contributed by atoms with van der Waals surface area (Å²) < 4.78 is 11.0. The highest BCUT2D eigenvalue weighted by Crippen LogP contribution is 2.29. The molecule has 2 aromatic rings. The van der Waals surface area contributed by atoms with Crippen molar-refractivity contribution in [2.45, 2.75) is 12.8 Å². The van der Waals surface area contributed by atoms with Gasteiger partial charge >= 0.3 is 0 Å². The Hall–Kier alpha value is -1.87. The van der Waals surface area contributed by atoms with Crippen molar-refractivity contribution >= 4 is 17.1 Å². The summed E-state index contributed by atoms with van der Waals surface area (Å²) in [5, 5.41) is 1.95. The molecule has 19 heavy (non-hydrogen) atoms. The van der Waals surface area contributed by atoms with Gasteiger partial charge in [-0.2, -0.15) is 0 Å². The quantitative estimate of drug-likeness (QED) is 0.451. The number of carbonyl (C=O) groups excluding carboxylic acids is 1. The van der Waals surface area contributed by atoms with Gasteiger partial charge in [0.2, 0.25) is 0 Å². The minimum Gasteiger partial charge on any atom is -0.467 e. The molecule has 2 aromatic carbocycles. The smallest absolute Gasteiger partial charge is 0.189 e. The lowest BCUT2D eigenvalue weighted by Crippen LogP contribution is -2.06. The molecular weight excluding hydrogens is 240 g/mol. The highest BCUT2D eigenvalue weighted by molar-refractivity contribution is 6.00. The Morgan fingerprint density at radius 2 is 2.00 bits per heavy atom. The third-order valence-corrected chi connectivity index (χ3v) is 3.40. The van der Waals surface area contributed by atoms with Crippen LogP contribution in [0.5, 0.6) is 5.75 Å². The molecule has 1 saturated carbocycles. The zero-order chi connectivity index (χ0) is 13.1. The molecular formula is C16H16O3. The van der Waals surface area contributed by atoms with Crippen LogP contribution in [0.15, 0.2) is 36.4 Å². The molecule has 1 fully saturated rings. The van der Waals surface area contributed by atoms with Gasteiger partial charge in [0, 0.05) is 0 Å². The SMILES string of the molecule is O=Cc1c(OCOCC2CC2)ccc2ccccc12. The van der Waals surface area contributed by atoms with Gasteiger partial charge in [-0.25, -0.2) is 0 Å². The van der Waals surface area contributed by atoms with Gasteiger partial charge in [0.15, 0.2) is 13.1 Å². The topological polar surface area (TPSA) is 35.5 Å². The monoisotopic (exact) mass is 256 g/mol. The molecule has 0 atom stereocenters. The summed E-state index contributed by atoms with van der Waals surface area (Å²) in [4.78, 5) is 11.3. The summed E-state index contributed by atoms with van der Waals surface area (Å²) >= 11 is 0. The number of hydrogen-bond acceptors (Lipinski definition) is 3. The fourth-order valence-electron chi connectivity index (χ4n) is 2.13. The highest BCUT2D eigenvalue weighted by Gasteiger charge is 2.21. The lowest BCUT2D eigenvalue weighted by Gasteiger charge is -2.10. The molecule has 0 aliphatic heterocycles. The van der Waals surface area contributed by atoms with Gasteiger partial charge in [0.1, 0.15) is 5.75 Å². The number of aldehydes is 1. The molecule has 0 radical (unpaired) electrons. The van der Waals surface area contributed by atoms with Crippen LogP contribution in [0.3, 0.4) is 0 Å². The number of rotatable bonds is 6. The molecule has 3 rings (SSSR count). The average molecular weight is 256 g/mol. The zero-order valence-electron chi connectivity index (χ0n) is 10.7. The lowest BCUT2D eigenvalue weighted by molar-refractivity contribution is 0.00978. The van der Waals surface area contributed by atoms with Crippen LogP contribution in [0.2, 0.25) is 0 Å². The second-order valence-electron chi connectivity index (χ2n) is 4.89. The van der Waals surface area contributed by atoms with Crippen molar-refractivity contribution in [2.75, 3.05) is 13.4 Å². The van der Waals surface area contributed by atoms with Crippen LogP contribution >= 0.6 is 0 Å². The van der Waals surface area contributed by atoms with Crippen LogP contribution in [0.25, 0.3) is 10.8 Å². The van der Waals surface area contributed by atoms with Crippen molar-refractivity contribution in [1.29, 1.82) is 0 Å². The van der Waals surface area contributed by atoms with E-state index in [2.05, 4.69) is 0 Å². The second kappa shape index (κ2) is 5.41. The highest BCUT2D eigenvalue weighted by atomic mass is 16.7. The minimum absolute atomic E-state index is 0.204. The Morgan fingerprint density at radius 3 is 2.79 bits per heavy atom. The molecule has 0 amide bonds. The summed E-state index contributed by atoms with van der Waals surface area (Å²) in [7, 11) is 0. The van der Waals surface area contributed by atoms with Gasteiger partial charge in [-0.15, -0.1) is 0 Å². The van der Waals surface area contributed by atoms with E-state index in [1.807, 2.05) is 36.4 Å². The van der Waals surface area contributed by atoms with E-state index in [9.17, 15) is 4.79 Å². The molecule has 3 nitrogen and oxygen atoms in total. The van der Waals surface area contributed by atoms with E-state index in [1.54, 1.807) is 0 Å². The fraction of sp³-hybridized carbons (Fsp3) is 0.312. The van der Waals surface area contributed by atoms with Gasteiger partial charge < -0.3 is 9.47 Å². The Balaban J connectivity index is 1.75. The third kappa shape index (κ3) is 2.76. The van der Waals surface area contributed by atoms with Crippen molar-refractivity contribution in [2.24, 2.45) is 5.92 Å². The van der Waals surface area contributed by atoms with E-state index < -0.39 is 0 Å². The van der Waals surface area contributed by atoms with Crippen LogP contribution in [-0.4, -0.2) is 19.7 Å². The predicted octanol–water partition coefficient (Wildman–Crippen LogP) is 3.42. The maximum Gasteiger partial charge on any atom is 0.189 e. The van der Waals surface area contributed by atoms with Crippen molar-refractivity contribution < 1.29 is 14.3 Å². The van der Waals surface area contributed by atoms with Gasteiger partial charge in [0.25, 0.3) is 0 Å². The zero-order valence-corrected chi connectivity index (χ0v) is 10.7. The van der Waals surface area contributed by atoms with Gasteiger partial charge in [0.05, 0.1) is 12.2 Å². The average Bonchev–Trinajstić information content (AvgIpc) is 3.27. The number of carbonyl (C=O) groups is 1. The van der Waals surface area contributed by atoms with Crippen LogP contribution in [0.4, 0.5) is 0 Å². The normalized spacial score (nSPS) is 14.5. The van der Waals surface area contributed by atoms with Crippen LogP contribution in [0, 0.1) is 5.92 Å². The maximum absolute atomic E-state index is 11.3. The molecule has 0 N–H and O–H groups in total. The maximum atomic E-state index is 11.3. The number of hydrogen-bond donors (Lipinski definition) is 0. The number of benzene rings is 2. The van der Waals surface area contributed by atoms with Crippen LogP contribution in [-0.2, 0) is 4.74 Å². The molecule has 0 spiro atoms. The van der Waals surface area contributed by atoms with Crippen molar-refractivity contribution in [3.63, 3.8) is 0 Å². The first-order chi connectivity index (χ1) is 9.38. The summed E-state index contributed by atoms with van der Waals surface area (Å²) in [6.07, 6.45) is 3.36. The molecule has 0 saturated heterocycles. The summed E-state index contributed by atoms with van der Waals surface area (Å²) in [5.74, 6) is 1.30. The molecule has 3 heteroatoms.